The largest absolute Gasteiger partial charge is 0.354 e. The highest BCUT2D eigenvalue weighted by atomic mass is 32.2. The summed E-state index contributed by atoms with van der Waals surface area (Å²) in [4.78, 5) is 40.1. The highest BCUT2D eigenvalue weighted by molar-refractivity contribution is 7.87. The summed E-state index contributed by atoms with van der Waals surface area (Å²) in [6.45, 7) is 0.297. The van der Waals surface area contributed by atoms with Crippen molar-refractivity contribution >= 4 is 44.5 Å². The number of hydrogen-bond donors (Lipinski definition) is 3. The lowest BCUT2D eigenvalue weighted by Gasteiger charge is -2.35. The molecule has 0 bridgehead atoms. The Bertz CT molecular complexity index is 1380. The van der Waals surface area contributed by atoms with Crippen molar-refractivity contribution in [2.45, 2.75) is 63.2 Å². The molecule has 0 saturated heterocycles. The van der Waals surface area contributed by atoms with E-state index in [0.717, 1.165) is 48.1 Å². The van der Waals surface area contributed by atoms with Gasteiger partial charge in [0.05, 0.1) is 12.2 Å². The van der Waals surface area contributed by atoms with Gasteiger partial charge in [0.15, 0.2) is 11.0 Å². The van der Waals surface area contributed by atoms with Crippen LogP contribution in [0.25, 0.3) is 11.1 Å². The van der Waals surface area contributed by atoms with Crippen molar-refractivity contribution in [1.29, 1.82) is 0 Å². The molecule has 2 aromatic rings. The number of anilines is 1. The Labute approximate surface area is 229 Å². The van der Waals surface area contributed by atoms with E-state index in [0.29, 0.717) is 19.5 Å². The maximum atomic E-state index is 13.5. The Morgan fingerprint density at radius 3 is 2.26 bits per heavy atom. The number of nitrogens with two attached hydrogens (primary N) is 1. The minimum Gasteiger partial charge on any atom is -0.354 e. The second kappa shape index (κ2) is 12.7. The lowest BCUT2D eigenvalue weighted by Crippen LogP contribution is -2.42. The van der Waals surface area contributed by atoms with Crippen LogP contribution in [-0.4, -0.2) is 48.9 Å². The number of Topliss-reactive ketones (excluding diaryl/α,β-unsaturated/α-hetero) is 1. The molecule has 0 aromatic heterocycles. The summed E-state index contributed by atoms with van der Waals surface area (Å²) in [6.07, 6.45) is 3.55. The first-order valence-corrected chi connectivity index (χ1v) is 14.9. The van der Waals surface area contributed by atoms with Crippen LogP contribution in [-0.2, 0) is 31.0 Å². The zero-order chi connectivity index (χ0) is 28.0. The number of hydrogen-bond acceptors (Lipinski definition) is 6. The molecular formula is C29H35N3O6S. The lowest BCUT2D eigenvalue weighted by molar-refractivity contribution is -0.124. The molecular weight excluding hydrogens is 518 g/mol. The minimum absolute atomic E-state index is 0.166. The van der Waals surface area contributed by atoms with E-state index >= 15 is 0 Å². The number of unbranched alkanes of at least 4 members (excludes halogenated alkanes) is 2. The molecule has 2 amide bonds. The van der Waals surface area contributed by atoms with Crippen LogP contribution in [0.1, 0.15) is 68.1 Å². The Balaban J connectivity index is 1.46. The van der Waals surface area contributed by atoms with Crippen molar-refractivity contribution in [2.75, 3.05) is 18.0 Å². The summed E-state index contributed by atoms with van der Waals surface area (Å²) in [5, 5.41) is 0.590. The standard InChI is InChI=1S/C29H35N3O6S/c30-17-7-1-2-12-28(34)31-18-27(39(36,37)38)26(33)15-16-29(35)32-19-20-8-3-4-9-21(20)22-13-14-23(22)24-10-5-6-11-25(24)32/h3-6,8-11,27H,1-2,7,12-19,30H2,(H,31,34)(H,36,37,38). The number of nitrogens with one attached hydrogen (secondary N) is 1. The SMILES string of the molecule is NCCCCCC(=O)NCC(C(=O)CCC(=O)N1Cc2ccccc2C2=C(CC2)c2ccccc21)S(=O)(=O)O. The van der Waals surface area contributed by atoms with Gasteiger partial charge in [-0.2, -0.15) is 8.42 Å². The summed E-state index contributed by atoms with van der Waals surface area (Å²) < 4.78 is 33.6. The van der Waals surface area contributed by atoms with Gasteiger partial charge in [-0.3, -0.25) is 18.9 Å². The van der Waals surface area contributed by atoms with Gasteiger partial charge in [0.1, 0.15) is 0 Å². The van der Waals surface area contributed by atoms with Gasteiger partial charge in [0.25, 0.3) is 10.1 Å². The van der Waals surface area contributed by atoms with E-state index < -0.39 is 33.6 Å². The van der Waals surface area contributed by atoms with E-state index in [1.54, 1.807) is 4.90 Å². The van der Waals surface area contributed by atoms with Crippen LogP contribution in [0.4, 0.5) is 5.69 Å². The van der Waals surface area contributed by atoms with Crippen LogP contribution in [0.5, 0.6) is 0 Å². The second-order valence-corrected chi connectivity index (χ2v) is 11.6. The van der Waals surface area contributed by atoms with Gasteiger partial charge < -0.3 is 16.0 Å². The fourth-order valence-electron chi connectivity index (χ4n) is 5.18. The maximum Gasteiger partial charge on any atom is 0.276 e. The number of allylic oxidation sites excluding steroid dienone is 2. The molecule has 0 fully saturated rings. The van der Waals surface area contributed by atoms with E-state index in [4.69, 9.17) is 5.73 Å². The molecule has 0 saturated carbocycles. The van der Waals surface area contributed by atoms with Gasteiger partial charge in [0, 0.05) is 31.4 Å². The molecule has 208 valence electrons. The van der Waals surface area contributed by atoms with E-state index in [2.05, 4.69) is 11.4 Å². The van der Waals surface area contributed by atoms with Crippen molar-refractivity contribution < 1.29 is 27.4 Å². The van der Waals surface area contributed by atoms with Crippen molar-refractivity contribution in [3.63, 3.8) is 0 Å². The predicted molar refractivity (Wildman–Crippen MR) is 150 cm³/mol. The van der Waals surface area contributed by atoms with Crippen LogP contribution >= 0.6 is 0 Å². The second-order valence-electron chi connectivity index (χ2n) is 9.98. The molecule has 2 aromatic carbocycles. The zero-order valence-electron chi connectivity index (χ0n) is 21.9. The number of amides is 2. The minimum atomic E-state index is -4.78. The Morgan fingerprint density at radius 2 is 1.56 bits per heavy atom. The van der Waals surface area contributed by atoms with E-state index in [1.165, 1.54) is 11.1 Å². The monoisotopic (exact) mass is 553 g/mol. The molecule has 1 atom stereocenters. The van der Waals surface area contributed by atoms with Gasteiger partial charge in [-0.1, -0.05) is 48.9 Å². The lowest BCUT2D eigenvalue weighted by atomic mass is 9.77. The number of para-hydroxylation sites is 1. The summed E-state index contributed by atoms with van der Waals surface area (Å²) in [5.41, 5.74) is 11.8. The molecule has 1 unspecified atom stereocenters. The number of fused-ring (bicyclic) bond motifs is 4. The number of benzene rings is 2. The molecule has 1 aliphatic heterocycles. The van der Waals surface area contributed by atoms with Crippen LogP contribution in [0.2, 0.25) is 0 Å². The zero-order valence-corrected chi connectivity index (χ0v) is 22.7. The molecule has 1 heterocycles. The number of carbonyl (C=O) groups is 3. The molecule has 0 spiro atoms. The van der Waals surface area contributed by atoms with Crippen molar-refractivity contribution in [2.24, 2.45) is 5.73 Å². The molecule has 10 heteroatoms. The van der Waals surface area contributed by atoms with Gasteiger partial charge in [0.2, 0.25) is 11.8 Å². The smallest absolute Gasteiger partial charge is 0.276 e. The van der Waals surface area contributed by atoms with Gasteiger partial charge >= 0.3 is 0 Å². The highest BCUT2D eigenvalue weighted by Crippen LogP contribution is 2.48. The van der Waals surface area contributed by atoms with E-state index in [1.807, 2.05) is 42.5 Å². The molecule has 9 nitrogen and oxygen atoms in total. The average molecular weight is 554 g/mol. The topological polar surface area (TPSA) is 147 Å². The summed E-state index contributed by atoms with van der Waals surface area (Å²) >= 11 is 0. The third-order valence-corrected chi connectivity index (χ3v) is 8.53. The van der Waals surface area contributed by atoms with Gasteiger partial charge in [-0.25, -0.2) is 0 Å². The number of carbonyl (C=O) groups excluding carboxylic acids is 3. The van der Waals surface area contributed by atoms with E-state index in [-0.39, 0.29) is 25.2 Å². The molecule has 2 aliphatic rings. The number of nitrogens with zero attached hydrogens (tertiary/aromatic N) is 1. The fraction of sp³-hybridized carbons (Fsp3) is 0.414. The highest BCUT2D eigenvalue weighted by Gasteiger charge is 2.33. The predicted octanol–water partition coefficient (Wildman–Crippen LogP) is 3.48. The molecule has 4 N–H and O–H groups in total. The first-order valence-electron chi connectivity index (χ1n) is 13.4. The van der Waals surface area contributed by atoms with Crippen LogP contribution < -0.4 is 16.0 Å². The third kappa shape index (κ3) is 6.81. The molecule has 4 rings (SSSR count). The quantitative estimate of drug-likeness (QED) is 0.269. The average Bonchev–Trinajstić information content (AvgIpc) is 2.88. The summed E-state index contributed by atoms with van der Waals surface area (Å²) in [6, 6.07) is 15.6. The van der Waals surface area contributed by atoms with Crippen molar-refractivity contribution in [3.8, 4) is 0 Å². The molecule has 0 radical (unpaired) electrons. The van der Waals surface area contributed by atoms with Gasteiger partial charge in [-0.15, -0.1) is 0 Å². The normalized spacial score (nSPS) is 15.2. The van der Waals surface area contributed by atoms with E-state index in [9.17, 15) is 27.4 Å². The Hall–Kier alpha value is -3.34. The Kier molecular flexibility index (Phi) is 9.32. The Morgan fingerprint density at radius 1 is 0.897 bits per heavy atom. The first-order chi connectivity index (χ1) is 18.7. The fourth-order valence-corrected chi connectivity index (χ4v) is 5.92. The maximum absolute atomic E-state index is 13.5. The van der Waals surface area contributed by atoms with Crippen molar-refractivity contribution in [1.82, 2.24) is 5.32 Å². The summed E-state index contributed by atoms with van der Waals surface area (Å²) in [7, 11) is -4.78. The van der Waals surface area contributed by atoms with Crippen LogP contribution in [0, 0.1) is 0 Å². The molecule has 1 aliphatic carbocycles. The molecule has 39 heavy (non-hydrogen) atoms. The summed E-state index contributed by atoms with van der Waals surface area (Å²) in [5.74, 6) is -1.56. The van der Waals surface area contributed by atoms with Crippen molar-refractivity contribution in [3.05, 3.63) is 65.2 Å². The number of rotatable bonds is 12. The third-order valence-electron chi connectivity index (χ3n) is 7.38. The first kappa shape index (κ1) is 28.7. The van der Waals surface area contributed by atoms with Gasteiger partial charge in [-0.05, 0) is 60.6 Å². The van der Waals surface area contributed by atoms with Crippen LogP contribution in [0.15, 0.2) is 48.5 Å². The van der Waals surface area contributed by atoms with Crippen LogP contribution in [0.3, 0.4) is 0 Å². The number of ketones is 1.